The Labute approximate surface area is 204 Å². The Bertz CT molecular complexity index is 1300. The van der Waals surface area contributed by atoms with Crippen molar-refractivity contribution in [3.63, 3.8) is 0 Å². The van der Waals surface area contributed by atoms with E-state index in [1.54, 1.807) is 6.07 Å². The molecule has 3 aromatic rings. The van der Waals surface area contributed by atoms with Gasteiger partial charge in [-0.05, 0) is 12.1 Å². The highest BCUT2D eigenvalue weighted by atomic mass is 35.5. The third-order valence-corrected chi connectivity index (χ3v) is 6.18. The Morgan fingerprint density at radius 2 is 2.06 bits per heavy atom. The number of ketones is 1. The van der Waals surface area contributed by atoms with Crippen molar-refractivity contribution in [2.24, 2.45) is 0 Å². The smallest absolute Gasteiger partial charge is 0.245 e. The first-order valence-corrected chi connectivity index (χ1v) is 11.1. The minimum Gasteiger partial charge on any atom is -0.376 e. The lowest BCUT2D eigenvalue weighted by Crippen LogP contribution is -2.51. The fourth-order valence-corrected chi connectivity index (χ4v) is 4.39. The molecule has 1 aromatic carbocycles. The zero-order chi connectivity index (χ0) is 25.3. The number of hydrogen-bond acceptors (Lipinski definition) is 6. The molecule has 0 saturated carbocycles. The quantitative estimate of drug-likeness (QED) is 0.494. The third kappa shape index (κ3) is 4.73. The van der Waals surface area contributed by atoms with E-state index in [1.807, 2.05) is 0 Å². The van der Waals surface area contributed by atoms with E-state index in [-0.39, 0.29) is 41.7 Å². The molecule has 12 heteroatoms. The predicted molar refractivity (Wildman–Crippen MR) is 122 cm³/mol. The van der Waals surface area contributed by atoms with Crippen molar-refractivity contribution in [1.29, 1.82) is 0 Å². The topological polar surface area (TPSA) is 106 Å². The van der Waals surface area contributed by atoms with Gasteiger partial charge in [0, 0.05) is 43.9 Å². The number of halogens is 3. The fraction of sp³-hybridized carbons (Fsp3) is 0.348. The van der Waals surface area contributed by atoms with Crippen molar-refractivity contribution < 1.29 is 27.9 Å². The van der Waals surface area contributed by atoms with Gasteiger partial charge in [0.15, 0.2) is 5.78 Å². The number of carbonyl (C=O) groups excluding carboxylic acids is 3. The highest BCUT2D eigenvalue weighted by Crippen LogP contribution is 2.26. The van der Waals surface area contributed by atoms with Gasteiger partial charge < -0.3 is 15.0 Å². The molecule has 0 aliphatic carbocycles. The summed E-state index contributed by atoms with van der Waals surface area (Å²) in [4.78, 5) is 43.3. The number of alkyl halides is 1. The summed E-state index contributed by atoms with van der Waals surface area (Å²) in [6, 6.07) is 4.68. The molecule has 1 aliphatic rings. The summed E-state index contributed by atoms with van der Waals surface area (Å²) in [5, 5.41) is 7.14. The van der Waals surface area contributed by atoms with Crippen LogP contribution in [0.5, 0.6) is 0 Å². The molecule has 0 unspecified atom stereocenters. The minimum atomic E-state index is -1.62. The molecule has 1 aliphatic heterocycles. The lowest BCUT2D eigenvalue weighted by Gasteiger charge is -2.26. The van der Waals surface area contributed by atoms with E-state index in [1.165, 1.54) is 49.3 Å². The number of Topliss-reactive ketones (excluding diaryl/α,β-unsaturated/α-hetero) is 1. The van der Waals surface area contributed by atoms with E-state index in [9.17, 15) is 23.2 Å². The lowest BCUT2D eigenvalue weighted by atomic mass is 10.1. The van der Waals surface area contributed by atoms with Crippen LogP contribution in [0.4, 0.5) is 8.78 Å². The van der Waals surface area contributed by atoms with Gasteiger partial charge in [-0.3, -0.25) is 24.0 Å². The summed E-state index contributed by atoms with van der Waals surface area (Å²) in [6.07, 6.45) is 0.136. The van der Waals surface area contributed by atoms with Crippen LogP contribution in [0.3, 0.4) is 0 Å². The van der Waals surface area contributed by atoms with Crippen molar-refractivity contribution >= 4 is 40.1 Å². The van der Waals surface area contributed by atoms with E-state index in [4.69, 9.17) is 16.3 Å². The van der Waals surface area contributed by atoms with E-state index >= 15 is 0 Å². The number of pyridine rings is 1. The number of ether oxygens (including phenoxy) is 1. The maximum Gasteiger partial charge on any atom is 0.245 e. The molecule has 2 aromatic heterocycles. The maximum absolute atomic E-state index is 14.7. The fourth-order valence-electron chi connectivity index (χ4n) is 4.20. The van der Waals surface area contributed by atoms with Crippen LogP contribution < -0.4 is 5.32 Å². The number of hydrogen-bond donors (Lipinski definition) is 1. The van der Waals surface area contributed by atoms with Gasteiger partial charge in [-0.15, -0.1) is 0 Å². The number of amides is 2. The summed E-state index contributed by atoms with van der Waals surface area (Å²) in [6.45, 7) is 0.419. The summed E-state index contributed by atoms with van der Waals surface area (Å²) in [5.41, 5.74) is 0.787. The van der Waals surface area contributed by atoms with Crippen molar-refractivity contribution in [3.05, 3.63) is 58.8 Å². The van der Waals surface area contributed by atoms with Crippen LogP contribution in [0, 0.1) is 5.82 Å². The molecule has 4 rings (SSSR count). The van der Waals surface area contributed by atoms with Crippen molar-refractivity contribution in [2.75, 3.05) is 13.7 Å². The Morgan fingerprint density at radius 1 is 1.29 bits per heavy atom. The SMILES string of the molecule is CO[C@H]1[C@@H](C(=O)NCc2cccc(Cl)c2F)N(C(=O)Cn2nc(C(C)=O)c3cnccc32)C[C@@H]1F. The van der Waals surface area contributed by atoms with E-state index in [2.05, 4.69) is 15.4 Å². The molecule has 3 heterocycles. The average Bonchev–Trinajstić information content (AvgIpc) is 3.37. The second-order valence-corrected chi connectivity index (χ2v) is 8.50. The summed E-state index contributed by atoms with van der Waals surface area (Å²) < 4.78 is 35.4. The molecule has 1 saturated heterocycles. The van der Waals surface area contributed by atoms with E-state index < -0.39 is 35.9 Å². The van der Waals surface area contributed by atoms with Crippen LogP contribution in [0.1, 0.15) is 23.0 Å². The summed E-state index contributed by atoms with van der Waals surface area (Å²) in [5.74, 6) is -2.28. The molecule has 1 N–H and O–H groups in total. The largest absolute Gasteiger partial charge is 0.376 e. The van der Waals surface area contributed by atoms with Crippen LogP contribution in [0.25, 0.3) is 10.9 Å². The first kappa shape index (κ1) is 24.7. The molecular weight excluding hydrogens is 484 g/mol. The van der Waals surface area contributed by atoms with Crippen molar-refractivity contribution in [2.45, 2.75) is 38.3 Å². The summed E-state index contributed by atoms with van der Waals surface area (Å²) >= 11 is 5.78. The number of nitrogens with one attached hydrogen (secondary N) is 1. The number of likely N-dealkylation sites (tertiary alicyclic amines) is 1. The van der Waals surface area contributed by atoms with Gasteiger partial charge in [-0.2, -0.15) is 5.10 Å². The van der Waals surface area contributed by atoms with Crippen LogP contribution in [-0.4, -0.2) is 69.2 Å². The van der Waals surface area contributed by atoms with Crippen LogP contribution in [0.15, 0.2) is 36.7 Å². The van der Waals surface area contributed by atoms with Gasteiger partial charge in [0.05, 0.1) is 17.1 Å². The Balaban J connectivity index is 1.56. The molecule has 1 fully saturated rings. The molecule has 184 valence electrons. The van der Waals surface area contributed by atoms with Gasteiger partial charge in [0.25, 0.3) is 0 Å². The standard InChI is InChI=1S/C23H22ClF2N5O4/c1-12(32)20-14-9-27-7-6-17(14)31(29-20)11-18(33)30-10-16(25)22(35-2)21(30)23(34)28-8-13-4-3-5-15(24)19(13)26/h3-7,9,16,21-22H,8,10-11H2,1-2H3,(H,28,34)/t16-,21-,22+/m0/s1. The summed E-state index contributed by atoms with van der Waals surface area (Å²) in [7, 11) is 1.25. The van der Waals surface area contributed by atoms with Crippen LogP contribution in [-0.2, 0) is 27.4 Å². The van der Waals surface area contributed by atoms with Crippen LogP contribution >= 0.6 is 11.6 Å². The number of nitrogens with zero attached hydrogens (tertiary/aromatic N) is 4. The second kappa shape index (κ2) is 10.0. The number of carbonyl (C=O) groups is 3. The van der Waals surface area contributed by atoms with Gasteiger partial charge in [-0.25, -0.2) is 8.78 Å². The van der Waals surface area contributed by atoms with Crippen LogP contribution in [0.2, 0.25) is 5.02 Å². The Morgan fingerprint density at radius 3 is 2.77 bits per heavy atom. The van der Waals surface area contributed by atoms with Gasteiger partial charge in [-0.1, -0.05) is 23.7 Å². The Kier molecular flexibility index (Phi) is 7.08. The third-order valence-electron chi connectivity index (χ3n) is 5.89. The van der Waals surface area contributed by atoms with E-state index in [0.717, 1.165) is 4.90 Å². The number of rotatable bonds is 7. The molecule has 0 spiro atoms. The molecule has 0 radical (unpaired) electrons. The number of fused-ring (bicyclic) bond motifs is 1. The molecule has 9 nitrogen and oxygen atoms in total. The highest BCUT2D eigenvalue weighted by molar-refractivity contribution is 6.30. The average molecular weight is 506 g/mol. The maximum atomic E-state index is 14.7. The molecule has 0 bridgehead atoms. The zero-order valence-corrected chi connectivity index (χ0v) is 19.6. The zero-order valence-electron chi connectivity index (χ0n) is 18.9. The predicted octanol–water partition coefficient (Wildman–Crippen LogP) is 2.31. The lowest BCUT2D eigenvalue weighted by molar-refractivity contribution is -0.141. The van der Waals surface area contributed by atoms with Gasteiger partial charge >= 0.3 is 0 Å². The number of benzene rings is 1. The number of aromatic nitrogens is 3. The first-order valence-electron chi connectivity index (χ1n) is 10.7. The van der Waals surface area contributed by atoms with Gasteiger partial charge in [0.1, 0.15) is 36.4 Å². The van der Waals surface area contributed by atoms with E-state index in [0.29, 0.717) is 10.9 Å². The molecular formula is C23H22ClF2N5O4. The molecule has 35 heavy (non-hydrogen) atoms. The molecule has 2 amide bonds. The number of methoxy groups -OCH3 is 1. The Hall–Kier alpha value is -3.44. The van der Waals surface area contributed by atoms with Gasteiger partial charge in [0.2, 0.25) is 11.8 Å². The monoisotopic (exact) mass is 505 g/mol. The first-order chi connectivity index (χ1) is 16.7. The van der Waals surface area contributed by atoms with Crippen molar-refractivity contribution in [3.8, 4) is 0 Å². The highest BCUT2D eigenvalue weighted by Gasteiger charge is 2.48. The second-order valence-electron chi connectivity index (χ2n) is 8.09. The minimum absolute atomic E-state index is 0.0976. The molecule has 3 atom stereocenters. The normalized spacial score (nSPS) is 19.8. The van der Waals surface area contributed by atoms with Crippen molar-refractivity contribution in [1.82, 2.24) is 25.0 Å².